The van der Waals surface area contributed by atoms with Crippen LogP contribution >= 0.6 is 0 Å². The van der Waals surface area contributed by atoms with Crippen LogP contribution in [-0.4, -0.2) is 47.9 Å². The zero-order chi connectivity index (χ0) is 16.4. The van der Waals surface area contributed by atoms with Gasteiger partial charge in [-0.2, -0.15) is 0 Å². The number of carbonyl (C=O) groups excluding carboxylic acids is 2. The molecule has 0 saturated carbocycles. The summed E-state index contributed by atoms with van der Waals surface area (Å²) in [5, 5.41) is 3.78. The van der Waals surface area contributed by atoms with Crippen LogP contribution < -0.4 is 10.1 Å². The molecule has 23 heavy (non-hydrogen) atoms. The van der Waals surface area contributed by atoms with Crippen LogP contribution in [0.1, 0.15) is 30.3 Å². The first-order valence-corrected chi connectivity index (χ1v) is 7.89. The topological polar surface area (TPSA) is 74.4 Å². The Kier molecular flexibility index (Phi) is 4.23. The van der Waals surface area contributed by atoms with Crippen LogP contribution in [0.5, 0.6) is 5.75 Å². The van der Waals surface area contributed by atoms with Gasteiger partial charge in [0, 0.05) is 30.1 Å². The number of aromatic amines is 1. The number of amides is 2. The molecule has 1 aromatic carbocycles. The van der Waals surface area contributed by atoms with Crippen LogP contribution in [0.2, 0.25) is 0 Å². The van der Waals surface area contributed by atoms with Crippen molar-refractivity contribution in [2.24, 2.45) is 0 Å². The van der Waals surface area contributed by atoms with E-state index in [0.717, 1.165) is 23.1 Å². The second kappa shape index (κ2) is 6.32. The van der Waals surface area contributed by atoms with Gasteiger partial charge in [-0.05, 0) is 24.6 Å². The number of benzene rings is 1. The number of nitrogens with one attached hydrogen (secondary N) is 2. The highest BCUT2D eigenvalue weighted by atomic mass is 16.5. The Bertz CT molecular complexity index is 738. The largest absolute Gasteiger partial charge is 0.497 e. The van der Waals surface area contributed by atoms with Crippen molar-refractivity contribution in [3.63, 3.8) is 0 Å². The van der Waals surface area contributed by atoms with Crippen molar-refractivity contribution >= 4 is 22.7 Å². The summed E-state index contributed by atoms with van der Waals surface area (Å²) in [7, 11) is 1.61. The van der Waals surface area contributed by atoms with Crippen LogP contribution in [0, 0.1) is 0 Å². The number of nitrogens with zero attached hydrogens (tertiary/aromatic N) is 1. The number of hydrogen-bond acceptors (Lipinski definition) is 3. The molecule has 1 aliphatic heterocycles. The molecule has 6 heteroatoms. The minimum Gasteiger partial charge on any atom is -0.497 e. The van der Waals surface area contributed by atoms with Crippen molar-refractivity contribution in [2.75, 3.05) is 20.2 Å². The lowest BCUT2D eigenvalue weighted by Crippen LogP contribution is -2.57. The fraction of sp³-hybridized carbons (Fsp3) is 0.412. The number of H-pyrrole nitrogens is 1. The molecule has 0 bridgehead atoms. The van der Waals surface area contributed by atoms with Crippen molar-refractivity contribution in [1.82, 2.24) is 15.2 Å². The lowest BCUT2D eigenvalue weighted by Gasteiger charge is -2.34. The molecule has 1 aromatic heterocycles. The molecule has 3 rings (SSSR count). The normalized spacial score (nSPS) is 18.1. The number of carbonyl (C=O) groups is 2. The first-order valence-electron chi connectivity index (χ1n) is 7.89. The van der Waals surface area contributed by atoms with Gasteiger partial charge in [0.2, 0.25) is 5.91 Å². The zero-order valence-corrected chi connectivity index (χ0v) is 13.4. The van der Waals surface area contributed by atoms with E-state index in [0.29, 0.717) is 25.2 Å². The Morgan fingerprint density at radius 1 is 1.39 bits per heavy atom. The minimum absolute atomic E-state index is 0.0655. The quantitative estimate of drug-likeness (QED) is 0.905. The van der Waals surface area contributed by atoms with Crippen molar-refractivity contribution in [2.45, 2.75) is 25.8 Å². The Morgan fingerprint density at radius 3 is 2.96 bits per heavy atom. The number of fused-ring (bicyclic) bond motifs is 1. The van der Waals surface area contributed by atoms with E-state index < -0.39 is 0 Å². The van der Waals surface area contributed by atoms with Gasteiger partial charge in [-0.3, -0.25) is 9.59 Å². The number of hydrogen-bond donors (Lipinski definition) is 2. The molecule has 2 aromatic rings. The summed E-state index contributed by atoms with van der Waals surface area (Å²) in [6, 6.07) is 7.07. The average molecular weight is 315 g/mol. The van der Waals surface area contributed by atoms with E-state index in [1.54, 1.807) is 12.0 Å². The van der Waals surface area contributed by atoms with Gasteiger partial charge in [-0.1, -0.05) is 13.3 Å². The molecule has 122 valence electrons. The molecule has 1 aliphatic rings. The van der Waals surface area contributed by atoms with E-state index in [9.17, 15) is 9.59 Å². The summed E-state index contributed by atoms with van der Waals surface area (Å²) in [5.41, 5.74) is 1.35. The van der Waals surface area contributed by atoms with Crippen LogP contribution in [0.15, 0.2) is 24.3 Å². The summed E-state index contributed by atoms with van der Waals surface area (Å²) in [6.07, 6.45) is 1.53. The van der Waals surface area contributed by atoms with E-state index in [1.807, 2.05) is 31.2 Å². The second-order valence-electron chi connectivity index (χ2n) is 5.73. The van der Waals surface area contributed by atoms with E-state index in [2.05, 4.69) is 10.3 Å². The van der Waals surface area contributed by atoms with Crippen molar-refractivity contribution < 1.29 is 14.3 Å². The maximum absolute atomic E-state index is 12.8. The second-order valence-corrected chi connectivity index (χ2v) is 5.73. The molecule has 0 radical (unpaired) electrons. The third-order valence-electron chi connectivity index (χ3n) is 4.21. The number of rotatable bonds is 4. The molecule has 0 aliphatic carbocycles. The maximum Gasteiger partial charge on any atom is 0.271 e. The first kappa shape index (κ1) is 15.4. The molecule has 1 atom stereocenters. The standard InChI is InChI=1S/C17H21N3O3/c1-3-4-15-16(21)18-7-8-20(15)17(22)14-9-11-5-6-12(23-2)10-13(11)19-14/h5-6,9-10,15,19H,3-4,7-8H2,1-2H3,(H,18,21). The van der Waals surface area contributed by atoms with Crippen LogP contribution in [-0.2, 0) is 4.79 Å². The summed E-state index contributed by atoms with van der Waals surface area (Å²) >= 11 is 0. The fourth-order valence-electron chi connectivity index (χ4n) is 3.02. The molecule has 0 spiro atoms. The van der Waals surface area contributed by atoms with Gasteiger partial charge >= 0.3 is 0 Å². The smallest absolute Gasteiger partial charge is 0.271 e. The first-order chi connectivity index (χ1) is 11.1. The molecule has 6 nitrogen and oxygen atoms in total. The lowest BCUT2D eigenvalue weighted by atomic mass is 10.1. The highest BCUT2D eigenvalue weighted by Crippen LogP contribution is 2.23. The summed E-state index contributed by atoms with van der Waals surface area (Å²) in [6.45, 7) is 3.05. The SMILES string of the molecule is CCCC1C(=O)NCCN1C(=O)c1cc2ccc(OC)cc2[nH]1. The van der Waals surface area contributed by atoms with Gasteiger partial charge in [-0.15, -0.1) is 0 Å². The van der Waals surface area contributed by atoms with Gasteiger partial charge in [0.1, 0.15) is 17.5 Å². The molecule has 1 saturated heterocycles. The molecule has 1 fully saturated rings. The minimum atomic E-state index is -0.387. The Labute approximate surface area is 134 Å². The highest BCUT2D eigenvalue weighted by molar-refractivity contribution is 6.00. The number of ether oxygens (including phenoxy) is 1. The van der Waals surface area contributed by atoms with Crippen molar-refractivity contribution in [3.8, 4) is 5.75 Å². The van der Waals surface area contributed by atoms with Crippen LogP contribution in [0.25, 0.3) is 10.9 Å². The molecule has 1 unspecified atom stereocenters. The maximum atomic E-state index is 12.8. The van der Waals surface area contributed by atoms with Crippen molar-refractivity contribution in [1.29, 1.82) is 0 Å². The van der Waals surface area contributed by atoms with E-state index in [4.69, 9.17) is 4.74 Å². The van der Waals surface area contributed by atoms with E-state index in [1.165, 1.54) is 0 Å². The molecule has 2 N–H and O–H groups in total. The highest BCUT2D eigenvalue weighted by Gasteiger charge is 2.33. The van der Waals surface area contributed by atoms with Gasteiger partial charge < -0.3 is 19.9 Å². The molecule has 2 amide bonds. The van der Waals surface area contributed by atoms with Gasteiger partial charge in [-0.25, -0.2) is 0 Å². The monoisotopic (exact) mass is 315 g/mol. The molecular weight excluding hydrogens is 294 g/mol. The zero-order valence-electron chi connectivity index (χ0n) is 13.4. The summed E-state index contributed by atoms with van der Waals surface area (Å²) in [5.74, 6) is 0.539. The van der Waals surface area contributed by atoms with Gasteiger partial charge in [0.15, 0.2) is 0 Å². The Hall–Kier alpha value is -2.50. The molecule has 2 heterocycles. The third-order valence-corrected chi connectivity index (χ3v) is 4.21. The molecular formula is C17H21N3O3. The van der Waals surface area contributed by atoms with Crippen LogP contribution in [0.3, 0.4) is 0 Å². The fourth-order valence-corrected chi connectivity index (χ4v) is 3.02. The van der Waals surface area contributed by atoms with Crippen molar-refractivity contribution in [3.05, 3.63) is 30.0 Å². The van der Waals surface area contributed by atoms with Gasteiger partial charge in [0.05, 0.1) is 7.11 Å². The average Bonchev–Trinajstić information content (AvgIpc) is 2.99. The van der Waals surface area contributed by atoms with Crippen LogP contribution in [0.4, 0.5) is 0 Å². The lowest BCUT2D eigenvalue weighted by molar-refractivity contribution is -0.128. The third kappa shape index (κ3) is 2.88. The summed E-state index contributed by atoms with van der Waals surface area (Å²) < 4.78 is 5.20. The van der Waals surface area contributed by atoms with E-state index in [-0.39, 0.29) is 17.9 Å². The predicted octanol–water partition coefficient (Wildman–Crippen LogP) is 1.92. The predicted molar refractivity (Wildman–Crippen MR) is 87.6 cm³/mol. The Balaban J connectivity index is 1.90. The number of methoxy groups -OCH3 is 1. The number of aromatic nitrogens is 1. The Morgan fingerprint density at radius 2 is 2.22 bits per heavy atom. The summed E-state index contributed by atoms with van der Waals surface area (Å²) in [4.78, 5) is 29.7. The van der Waals surface area contributed by atoms with E-state index >= 15 is 0 Å². The number of piperazine rings is 1. The van der Waals surface area contributed by atoms with Gasteiger partial charge in [0.25, 0.3) is 5.91 Å².